The van der Waals surface area contributed by atoms with Crippen LogP contribution in [0.15, 0.2) is 6.07 Å². The summed E-state index contributed by atoms with van der Waals surface area (Å²) in [5, 5.41) is 10.2. The van der Waals surface area contributed by atoms with Gasteiger partial charge in [-0.3, -0.25) is 0 Å². The molecule has 90 valence electrons. The molecule has 0 aliphatic carbocycles. The topological polar surface area (TPSA) is 29.5 Å². The maximum absolute atomic E-state index is 9.43. The quantitative estimate of drug-likeness (QED) is 0.882. The summed E-state index contributed by atoms with van der Waals surface area (Å²) in [6.07, 6.45) is 0. The smallest absolute Gasteiger partial charge is 0.127 e. The molecule has 3 heteroatoms. The first-order chi connectivity index (χ1) is 7.35. The van der Waals surface area contributed by atoms with Crippen molar-refractivity contribution in [2.24, 2.45) is 0 Å². The van der Waals surface area contributed by atoms with Gasteiger partial charge in [-0.1, -0.05) is 31.5 Å². The number of hydrogen-bond donors (Lipinski definition) is 1. The highest BCUT2D eigenvalue weighted by atomic mass is 35.5. The van der Waals surface area contributed by atoms with E-state index in [1.807, 2.05) is 33.8 Å². The summed E-state index contributed by atoms with van der Waals surface area (Å²) in [5.41, 5.74) is 2.61. The van der Waals surface area contributed by atoms with Gasteiger partial charge in [0.2, 0.25) is 0 Å². The van der Waals surface area contributed by atoms with Crippen molar-refractivity contribution < 1.29 is 9.84 Å². The molecule has 0 saturated carbocycles. The largest absolute Gasteiger partial charge is 0.496 e. The maximum Gasteiger partial charge on any atom is 0.127 e. The monoisotopic (exact) mass is 242 g/mol. The fourth-order valence-electron chi connectivity index (χ4n) is 1.79. The van der Waals surface area contributed by atoms with Gasteiger partial charge >= 0.3 is 0 Å². The van der Waals surface area contributed by atoms with Crippen LogP contribution in [0.4, 0.5) is 0 Å². The van der Waals surface area contributed by atoms with Crippen LogP contribution in [0.25, 0.3) is 0 Å². The highest BCUT2D eigenvalue weighted by Gasteiger charge is 2.26. The molecule has 0 aliphatic rings. The predicted molar refractivity (Wildman–Crippen MR) is 67.6 cm³/mol. The van der Waals surface area contributed by atoms with Crippen LogP contribution in [-0.2, 0) is 5.41 Å². The SMILES string of the molecule is COc1c(C(C)(C)CO)cc(C)c(Cl)c1C. The molecule has 0 heterocycles. The molecule has 0 fully saturated rings. The normalized spacial score (nSPS) is 11.7. The lowest BCUT2D eigenvalue weighted by Gasteiger charge is -2.27. The number of halogens is 1. The van der Waals surface area contributed by atoms with E-state index in [0.29, 0.717) is 0 Å². The molecule has 2 nitrogen and oxygen atoms in total. The van der Waals surface area contributed by atoms with Crippen LogP contribution < -0.4 is 4.74 Å². The molecule has 0 spiro atoms. The molecule has 0 amide bonds. The second-order valence-electron chi connectivity index (χ2n) is 4.76. The highest BCUT2D eigenvalue weighted by molar-refractivity contribution is 6.32. The zero-order valence-corrected chi connectivity index (χ0v) is 11.3. The van der Waals surface area contributed by atoms with E-state index < -0.39 is 0 Å². The van der Waals surface area contributed by atoms with Crippen molar-refractivity contribution in [2.75, 3.05) is 13.7 Å². The van der Waals surface area contributed by atoms with E-state index in [-0.39, 0.29) is 12.0 Å². The molecular formula is C13H19ClO2. The third-order valence-corrected chi connectivity index (χ3v) is 3.53. The molecule has 1 aromatic rings. The van der Waals surface area contributed by atoms with Crippen LogP contribution in [0.2, 0.25) is 5.02 Å². The molecule has 0 aliphatic heterocycles. The third kappa shape index (κ3) is 2.18. The molecule has 1 N–H and O–H groups in total. The Labute approximate surface area is 102 Å². The average Bonchev–Trinajstić information content (AvgIpc) is 2.25. The summed E-state index contributed by atoms with van der Waals surface area (Å²) in [7, 11) is 1.63. The summed E-state index contributed by atoms with van der Waals surface area (Å²) in [4.78, 5) is 0. The minimum absolute atomic E-state index is 0.0733. The van der Waals surface area contributed by atoms with Crippen LogP contribution in [0, 0.1) is 13.8 Å². The van der Waals surface area contributed by atoms with Gasteiger partial charge in [-0.2, -0.15) is 0 Å². The number of benzene rings is 1. The molecule has 1 rings (SSSR count). The zero-order chi connectivity index (χ0) is 12.5. The van der Waals surface area contributed by atoms with Crippen LogP contribution >= 0.6 is 11.6 Å². The number of aliphatic hydroxyl groups excluding tert-OH is 1. The molecule has 0 aromatic heterocycles. The second-order valence-corrected chi connectivity index (χ2v) is 5.13. The van der Waals surface area contributed by atoms with Gasteiger partial charge in [-0.15, -0.1) is 0 Å². The Morgan fingerprint density at radius 1 is 1.38 bits per heavy atom. The summed E-state index contributed by atoms with van der Waals surface area (Å²) < 4.78 is 5.40. The zero-order valence-electron chi connectivity index (χ0n) is 10.5. The van der Waals surface area contributed by atoms with Gasteiger partial charge in [0.05, 0.1) is 18.7 Å². The first kappa shape index (κ1) is 13.3. The lowest BCUT2D eigenvalue weighted by atomic mass is 9.83. The fraction of sp³-hybridized carbons (Fsp3) is 0.538. The van der Waals surface area contributed by atoms with E-state index in [9.17, 15) is 5.11 Å². The third-order valence-electron chi connectivity index (χ3n) is 2.95. The van der Waals surface area contributed by atoms with Crippen LogP contribution in [0.5, 0.6) is 5.75 Å². The van der Waals surface area contributed by atoms with E-state index >= 15 is 0 Å². The molecule has 16 heavy (non-hydrogen) atoms. The van der Waals surface area contributed by atoms with Crippen LogP contribution in [-0.4, -0.2) is 18.8 Å². The lowest BCUT2D eigenvalue weighted by Crippen LogP contribution is -2.23. The Morgan fingerprint density at radius 2 is 1.94 bits per heavy atom. The van der Waals surface area contributed by atoms with Gasteiger partial charge in [0.25, 0.3) is 0 Å². The van der Waals surface area contributed by atoms with E-state index in [0.717, 1.165) is 27.5 Å². The standard InChI is InChI=1S/C13H19ClO2/c1-8-6-10(13(3,4)7-15)12(16-5)9(2)11(8)14/h6,15H,7H2,1-5H3. The Morgan fingerprint density at radius 3 is 2.38 bits per heavy atom. The van der Waals surface area contributed by atoms with Gasteiger partial charge in [0, 0.05) is 16.5 Å². The predicted octanol–water partition coefficient (Wildman–Crippen LogP) is 3.24. The lowest BCUT2D eigenvalue weighted by molar-refractivity contribution is 0.214. The molecule has 0 atom stereocenters. The number of ether oxygens (including phenoxy) is 1. The Balaban J connectivity index is 3.51. The molecule has 0 unspecified atom stereocenters. The van der Waals surface area contributed by atoms with Crippen molar-refractivity contribution >= 4 is 11.6 Å². The highest BCUT2D eigenvalue weighted by Crippen LogP contribution is 2.38. The average molecular weight is 243 g/mol. The first-order valence-electron chi connectivity index (χ1n) is 5.30. The van der Waals surface area contributed by atoms with E-state index in [1.165, 1.54) is 0 Å². The summed E-state index contributed by atoms with van der Waals surface area (Å²) in [5.74, 6) is 0.773. The number of aliphatic hydroxyl groups is 1. The van der Waals surface area contributed by atoms with E-state index in [1.54, 1.807) is 7.11 Å². The van der Waals surface area contributed by atoms with Gasteiger partial charge in [0.15, 0.2) is 0 Å². The number of hydrogen-bond acceptors (Lipinski definition) is 2. The van der Waals surface area contributed by atoms with Gasteiger partial charge in [-0.05, 0) is 19.4 Å². The Hall–Kier alpha value is -0.730. The minimum Gasteiger partial charge on any atom is -0.496 e. The van der Waals surface area contributed by atoms with E-state index in [2.05, 4.69) is 0 Å². The molecule has 0 radical (unpaired) electrons. The van der Waals surface area contributed by atoms with Crippen LogP contribution in [0.3, 0.4) is 0 Å². The van der Waals surface area contributed by atoms with Crippen molar-refractivity contribution in [1.82, 2.24) is 0 Å². The van der Waals surface area contributed by atoms with Gasteiger partial charge in [-0.25, -0.2) is 0 Å². The van der Waals surface area contributed by atoms with Crippen molar-refractivity contribution in [3.8, 4) is 5.75 Å². The number of aryl methyl sites for hydroxylation is 1. The van der Waals surface area contributed by atoms with Crippen molar-refractivity contribution in [2.45, 2.75) is 33.1 Å². The fourth-order valence-corrected chi connectivity index (χ4v) is 1.93. The van der Waals surface area contributed by atoms with Crippen molar-refractivity contribution in [3.05, 3.63) is 27.8 Å². The molecule has 1 aromatic carbocycles. The second kappa shape index (κ2) is 4.64. The van der Waals surface area contributed by atoms with Crippen molar-refractivity contribution in [3.63, 3.8) is 0 Å². The summed E-state index contributed by atoms with van der Waals surface area (Å²) in [6.45, 7) is 7.94. The number of methoxy groups -OCH3 is 1. The summed E-state index contributed by atoms with van der Waals surface area (Å²) in [6, 6.07) is 1.99. The van der Waals surface area contributed by atoms with Gasteiger partial charge < -0.3 is 9.84 Å². The maximum atomic E-state index is 9.43. The van der Waals surface area contributed by atoms with E-state index in [4.69, 9.17) is 16.3 Å². The molecule has 0 saturated heterocycles. The number of rotatable bonds is 3. The first-order valence-corrected chi connectivity index (χ1v) is 5.68. The minimum atomic E-state index is -0.328. The van der Waals surface area contributed by atoms with Crippen LogP contribution in [0.1, 0.15) is 30.5 Å². The molecular weight excluding hydrogens is 224 g/mol. The molecule has 0 bridgehead atoms. The Kier molecular flexibility index (Phi) is 3.87. The van der Waals surface area contributed by atoms with Gasteiger partial charge in [0.1, 0.15) is 5.75 Å². The summed E-state index contributed by atoms with van der Waals surface area (Å²) >= 11 is 6.18. The van der Waals surface area contributed by atoms with Crippen molar-refractivity contribution in [1.29, 1.82) is 0 Å². The Bertz CT molecular complexity index is 397.